The summed E-state index contributed by atoms with van der Waals surface area (Å²) in [6, 6.07) is 17.9. The molecule has 1 fully saturated rings. The normalized spacial score (nSPS) is 13.8. The van der Waals surface area contributed by atoms with Gasteiger partial charge in [-0.1, -0.05) is 47.6 Å². The van der Waals surface area contributed by atoms with Crippen molar-refractivity contribution in [3.8, 4) is 0 Å². The van der Waals surface area contributed by atoms with E-state index in [-0.39, 0.29) is 5.91 Å². The standard InChI is InChI=1S/C24H26ClN5OS/c1-17-5-3-6-18(2)24(17)26-22(31)16-32-23-10-9-21(27-28-23)30-13-11-29(12-14-30)20-8-4-7-19(25)15-20/h3-10,15H,11-14,16H2,1-2H3,(H,26,31). The van der Waals surface area contributed by atoms with Crippen molar-refractivity contribution < 1.29 is 4.79 Å². The number of nitrogens with one attached hydrogen (secondary N) is 1. The number of amides is 1. The fraction of sp³-hybridized carbons (Fsp3) is 0.292. The number of hydrogen-bond donors (Lipinski definition) is 1. The van der Waals surface area contributed by atoms with Gasteiger partial charge in [-0.05, 0) is 55.3 Å². The number of thioether (sulfide) groups is 1. The molecular weight excluding hydrogens is 442 g/mol. The van der Waals surface area contributed by atoms with Gasteiger partial charge in [-0.2, -0.15) is 0 Å². The van der Waals surface area contributed by atoms with Crippen LogP contribution in [0.25, 0.3) is 0 Å². The van der Waals surface area contributed by atoms with Crippen LogP contribution in [0.15, 0.2) is 59.6 Å². The van der Waals surface area contributed by atoms with Crippen LogP contribution in [0.5, 0.6) is 0 Å². The molecule has 0 unspecified atom stereocenters. The maximum atomic E-state index is 12.4. The van der Waals surface area contributed by atoms with E-state index in [0.29, 0.717) is 5.75 Å². The molecule has 166 valence electrons. The molecule has 1 aromatic heterocycles. The second kappa shape index (κ2) is 10.2. The van der Waals surface area contributed by atoms with E-state index in [0.717, 1.165) is 64.5 Å². The number of carbonyl (C=O) groups excluding carboxylic acids is 1. The van der Waals surface area contributed by atoms with Crippen molar-refractivity contribution in [1.29, 1.82) is 0 Å². The van der Waals surface area contributed by atoms with Crippen LogP contribution in [-0.2, 0) is 4.79 Å². The predicted molar refractivity (Wildman–Crippen MR) is 133 cm³/mol. The Balaban J connectivity index is 1.28. The third-order valence-electron chi connectivity index (χ3n) is 5.50. The highest BCUT2D eigenvalue weighted by atomic mass is 35.5. The maximum Gasteiger partial charge on any atom is 0.234 e. The van der Waals surface area contributed by atoms with Gasteiger partial charge in [-0.3, -0.25) is 4.79 Å². The molecule has 2 heterocycles. The van der Waals surface area contributed by atoms with Gasteiger partial charge in [0.2, 0.25) is 5.91 Å². The van der Waals surface area contributed by atoms with Crippen molar-refractivity contribution >= 4 is 46.5 Å². The number of halogens is 1. The van der Waals surface area contributed by atoms with Gasteiger partial charge in [0.25, 0.3) is 0 Å². The van der Waals surface area contributed by atoms with Crippen molar-refractivity contribution in [2.45, 2.75) is 18.9 Å². The van der Waals surface area contributed by atoms with Crippen LogP contribution in [-0.4, -0.2) is 48.0 Å². The molecule has 2 aromatic carbocycles. The highest BCUT2D eigenvalue weighted by Crippen LogP contribution is 2.24. The molecule has 0 aliphatic carbocycles. The second-order valence-electron chi connectivity index (χ2n) is 7.79. The van der Waals surface area contributed by atoms with Crippen LogP contribution in [0.2, 0.25) is 5.02 Å². The highest BCUT2D eigenvalue weighted by molar-refractivity contribution is 7.99. The van der Waals surface area contributed by atoms with Crippen LogP contribution in [0, 0.1) is 13.8 Å². The van der Waals surface area contributed by atoms with Gasteiger partial charge in [0, 0.05) is 42.6 Å². The van der Waals surface area contributed by atoms with E-state index in [1.165, 1.54) is 11.8 Å². The van der Waals surface area contributed by atoms with Crippen LogP contribution in [0.3, 0.4) is 0 Å². The summed E-state index contributed by atoms with van der Waals surface area (Å²) in [5.41, 5.74) is 4.15. The first-order valence-electron chi connectivity index (χ1n) is 10.6. The van der Waals surface area contributed by atoms with Gasteiger partial charge < -0.3 is 15.1 Å². The number of aromatic nitrogens is 2. The molecule has 0 spiro atoms. The van der Waals surface area contributed by atoms with E-state index in [1.54, 1.807) is 0 Å². The molecule has 32 heavy (non-hydrogen) atoms. The summed E-state index contributed by atoms with van der Waals surface area (Å²) in [6.07, 6.45) is 0. The number of para-hydroxylation sites is 1. The smallest absolute Gasteiger partial charge is 0.234 e. The molecule has 1 saturated heterocycles. The number of nitrogens with zero attached hydrogens (tertiary/aromatic N) is 4. The van der Waals surface area contributed by atoms with E-state index in [9.17, 15) is 4.79 Å². The van der Waals surface area contributed by atoms with Gasteiger partial charge in [-0.25, -0.2) is 0 Å². The number of benzene rings is 2. The predicted octanol–water partition coefficient (Wildman–Crippen LogP) is 4.80. The number of carbonyl (C=O) groups is 1. The second-order valence-corrected chi connectivity index (χ2v) is 9.22. The van der Waals surface area contributed by atoms with Gasteiger partial charge in [-0.15, -0.1) is 10.2 Å². The first-order valence-corrected chi connectivity index (χ1v) is 11.9. The average Bonchev–Trinajstić information content (AvgIpc) is 2.81. The monoisotopic (exact) mass is 467 g/mol. The Morgan fingerprint density at radius 2 is 1.66 bits per heavy atom. The lowest BCUT2D eigenvalue weighted by atomic mass is 10.1. The molecular formula is C24H26ClN5OS. The van der Waals surface area contributed by atoms with E-state index in [2.05, 4.69) is 31.4 Å². The quantitative estimate of drug-likeness (QED) is 0.525. The molecule has 1 aliphatic rings. The molecule has 0 radical (unpaired) electrons. The Morgan fingerprint density at radius 1 is 0.969 bits per heavy atom. The summed E-state index contributed by atoms with van der Waals surface area (Å²) < 4.78 is 0. The average molecular weight is 468 g/mol. The van der Waals surface area contributed by atoms with Crippen molar-refractivity contribution in [2.24, 2.45) is 0 Å². The first-order chi connectivity index (χ1) is 15.5. The Hall–Kier alpha value is -2.77. The summed E-state index contributed by atoms with van der Waals surface area (Å²) in [7, 11) is 0. The highest BCUT2D eigenvalue weighted by Gasteiger charge is 2.19. The summed E-state index contributed by atoms with van der Waals surface area (Å²) in [5, 5.41) is 13.2. The molecule has 0 bridgehead atoms. The molecule has 8 heteroatoms. The lowest BCUT2D eigenvalue weighted by Crippen LogP contribution is -2.46. The summed E-state index contributed by atoms with van der Waals surface area (Å²) >= 11 is 7.51. The Bertz CT molecular complexity index is 1060. The number of aryl methyl sites for hydroxylation is 2. The van der Waals surface area contributed by atoms with Crippen LogP contribution < -0.4 is 15.1 Å². The minimum absolute atomic E-state index is 0.0459. The zero-order valence-electron chi connectivity index (χ0n) is 18.2. The van der Waals surface area contributed by atoms with Gasteiger partial charge in [0.1, 0.15) is 5.03 Å². The van der Waals surface area contributed by atoms with E-state index in [4.69, 9.17) is 11.6 Å². The third-order valence-corrected chi connectivity index (χ3v) is 6.65. The van der Waals surface area contributed by atoms with Crippen molar-refractivity contribution in [3.63, 3.8) is 0 Å². The topological polar surface area (TPSA) is 61.4 Å². The fourth-order valence-corrected chi connectivity index (χ4v) is 4.55. The number of anilines is 3. The van der Waals surface area contributed by atoms with E-state index >= 15 is 0 Å². The number of rotatable bonds is 6. The Kier molecular flexibility index (Phi) is 7.17. The summed E-state index contributed by atoms with van der Waals surface area (Å²) in [5.74, 6) is 1.11. The van der Waals surface area contributed by atoms with Crippen LogP contribution in [0.4, 0.5) is 17.2 Å². The Labute approximate surface area is 198 Å². The van der Waals surface area contributed by atoms with Gasteiger partial charge >= 0.3 is 0 Å². The molecule has 6 nitrogen and oxygen atoms in total. The van der Waals surface area contributed by atoms with Crippen LogP contribution >= 0.6 is 23.4 Å². The van der Waals surface area contributed by atoms with E-state index in [1.807, 2.05) is 62.4 Å². The van der Waals surface area contributed by atoms with Crippen molar-refractivity contribution in [2.75, 3.05) is 47.0 Å². The zero-order chi connectivity index (χ0) is 22.5. The minimum atomic E-state index is -0.0459. The molecule has 1 N–H and O–H groups in total. The molecule has 4 rings (SSSR count). The fourth-order valence-electron chi connectivity index (χ4n) is 3.75. The zero-order valence-corrected chi connectivity index (χ0v) is 19.8. The molecule has 3 aromatic rings. The number of piperazine rings is 1. The third kappa shape index (κ3) is 5.53. The minimum Gasteiger partial charge on any atom is -0.368 e. The lowest BCUT2D eigenvalue weighted by Gasteiger charge is -2.36. The molecule has 0 atom stereocenters. The van der Waals surface area contributed by atoms with Crippen molar-refractivity contribution in [3.05, 3.63) is 70.7 Å². The molecule has 1 aliphatic heterocycles. The lowest BCUT2D eigenvalue weighted by molar-refractivity contribution is -0.113. The Morgan fingerprint density at radius 3 is 2.31 bits per heavy atom. The first kappa shape index (κ1) is 22.4. The summed E-state index contributed by atoms with van der Waals surface area (Å²) in [6.45, 7) is 7.52. The SMILES string of the molecule is Cc1cccc(C)c1NC(=O)CSc1ccc(N2CCN(c3cccc(Cl)c3)CC2)nn1. The largest absolute Gasteiger partial charge is 0.368 e. The van der Waals surface area contributed by atoms with Crippen molar-refractivity contribution in [1.82, 2.24) is 10.2 Å². The molecule has 1 amide bonds. The molecule has 0 saturated carbocycles. The number of hydrogen-bond acceptors (Lipinski definition) is 6. The van der Waals surface area contributed by atoms with Gasteiger partial charge in [0.15, 0.2) is 5.82 Å². The summed E-state index contributed by atoms with van der Waals surface area (Å²) in [4.78, 5) is 16.9. The van der Waals surface area contributed by atoms with Crippen LogP contribution in [0.1, 0.15) is 11.1 Å². The maximum absolute atomic E-state index is 12.4. The van der Waals surface area contributed by atoms with Gasteiger partial charge in [0.05, 0.1) is 5.75 Å². The van der Waals surface area contributed by atoms with E-state index < -0.39 is 0 Å².